The normalized spacial score (nSPS) is 19.7. The molecule has 43 heavy (non-hydrogen) atoms. The maximum Gasteiger partial charge on any atom is 0.288 e. The Morgan fingerprint density at radius 2 is 1.30 bits per heavy atom. The first-order valence-electron chi connectivity index (χ1n) is 15.1. The third-order valence-corrected chi connectivity index (χ3v) is 9.21. The second kappa shape index (κ2) is 9.57. The van der Waals surface area contributed by atoms with Gasteiger partial charge in [0.25, 0.3) is 5.84 Å². The molecule has 3 heterocycles. The van der Waals surface area contributed by atoms with E-state index in [2.05, 4.69) is 166 Å². The predicted octanol–water partition coefficient (Wildman–Crippen LogP) is 9.34. The molecule has 0 saturated carbocycles. The number of nitrogens with zero attached hydrogens (tertiary/aromatic N) is 2. The number of fused-ring (bicyclic) bond motifs is 8. The SMILES string of the molecule is C1=CCC(C2NC(=[N+]3c4ccccc4-c4c(n(-c5ccccc5)c5ccccc45)-c4ccccc43)c3ccccc32)C=C1. The first-order chi connectivity index (χ1) is 21.4. The van der Waals surface area contributed by atoms with E-state index < -0.39 is 0 Å². The maximum atomic E-state index is 4.06. The van der Waals surface area contributed by atoms with Crippen molar-refractivity contribution in [1.82, 2.24) is 14.5 Å². The van der Waals surface area contributed by atoms with Gasteiger partial charge in [0, 0.05) is 39.2 Å². The fourth-order valence-electron chi connectivity index (χ4n) is 7.39. The molecule has 2 unspecified atom stereocenters. The number of aromatic nitrogens is 1. The topological polar surface area (TPSA) is 20.0 Å². The Kier molecular flexibility index (Phi) is 5.39. The average molecular weight is 553 g/mol. The molecule has 204 valence electrons. The molecule has 1 aromatic heterocycles. The summed E-state index contributed by atoms with van der Waals surface area (Å²) < 4.78 is 4.93. The zero-order valence-corrected chi connectivity index (χ0v) is 23.7. The van der Waals surface area contributed by atoms with E-state index in [9.17, 15) is 0 Å². The summed E-state index contributed by atoms with van der Waals surface area (Å²) in [5, 5.41) is 5.32. The van der Waals surface area contributed by atoms with Crippen molar-refractivity contribution in [2.75, 3.05) is 0 Å². The van der Waals surface area contributed by atoms with Crippen LogP contribution in [-0.2, 0) is 0 Å². The molecular weight excluding hydrogens is 522 g/mol. The zero-order valence-electron chi connectivity index (χ0n) is 23.7. The minimum atomic E-state index is 0.205. The van der Waals surface area contributed by atoms with Crippen LogP contribution in [-0.4, -0.2) is 10.4 Å². The van der Waals surface area contributed by atoms with E-state index in [1.54, 1.807) is 0 Å². The van der Waals surface area contributed by atoms with Gasteiger partial charge in [-0.15, -0.1) is 0 Å². The molecule has 3 nitrogen and oxygen atoms in total. The number of allylic oxidation sites excluding steroid dienone is 3. The molecule has 2 atom stereocenters. The van der Waals surface area contributed by atoms with Gasteiger partial charge in [-0.05, 0) is 55.0 Å². The Morgan fingerprint density at radius 1 is 0.628 bits per heavy atom. The Hall–Kier alpha value is -5.41. The van der Waals surface area contributed by atoms with Crippen molar-refractivity contribution in [3.05, 3.63) is 163 Å². The van der Waals surface area contributed by atoms with Crippen LogP contribution < -0.4 is 9.89 Å². The van der Waals surface area contributed by atoms with Crippen molar-refractivity contribution in [3.8, 4) is 28.1 Å². The number of rotatable bonds is 2. The summed E-state index contributed by atoms with van der Waals surface area (Å²) in [5.41, 5.74) is 12.3. The highest BCUT2D eigenvalue weighted by Gasteiger charge is 2.41. The summed E-state index contributed by atoms with van der Waals surface area (Å²) in [6.45, 7) is 0. The molecule has 3 aliphatic rings. The number of hydrogen-bond donors (Lipinski definition) is 1. The van der Waals surface area contributed by atoms with Crippen LogP contribution in [0.4, 0.5) is 11.4 Å². The molecule has 0 fully saturated rings. The lowest BCUT2D eigenvalue weighted by atomic mass is 9.88. The standard InChI is InChI=1S/C40H29N3/c1-3-15-27(16-4-1)38-29-19-7-8-20-30(29)40(41-38)43-35-25-13-10-22-32(35)37-31-21-9-12-24-34(31)42(28-17-5-2-6-18-28)39(37)33-23-11-14-26-36(33)43/h1-15,17-27,38H,16H2/p+1. The van der Waals surface area contributed by atoms with Crippen molar-refractivity contribution >= 4 is 28.1 Å². The number of hydrogen-bond acceptors (Lipinski definition) is 0. The first kappa shape index (κ1) is 24.2. The summed E-state index contributed by atoms with van der Waals surface area (Å²) in [6.07, 6.45) is 10.0. The van der Waals surface area contributed by atoms with Crippen LogP contribution in [0.15, 0.2) is 152 Å². The quantitative estimate of drug-likeness (QED) is 0.212. The molecular formula is C40H30N3+. The summed E-state index contributed by atoms with van der Waals surface area (Å²) in [5.74, 6) is 1.54. The number of benzene rings is 5. The van der Waals surface area contributed by atoms with Crippen LogP contribution in [0.25, 0.3) is 39.0 Å². The molecule has 1 N–H and O–H groups in total. The molecule has 5 aromatic carbocycles. The van der Waals surface area contributed by atoms with Crippen LogP contribution in [0.1, 0.15) is 23.6 Å². The molecule has 1 aliphatic carbocycles. The van der Waals surface area contributed by atoms with E-state index >= 15 is 0 Å². The average Bonchev–Trinajstić information content (AvgIpc) is 3.59. The second-order valence-corrected chi connectivity index (χ2v) is 11.6. The smallest absolute Gasteiger partial charge is 0.288 e. The summed E-state index contributed by atoms with van der Waals surface area (Å²) >= 11 is 0. The molecule has 2 aliphatic heterocycles. The molecule has 9 rings (SSSR count). The Labute approximate surface area is 251 Å². The summed E-state index contributed by atoms with van der Waals surface area (Å²) in [7, 11) is 0. The van der Waals surface area contributed by atoms with Crippen LogP contribution in [0.5, 0.6) is 0 Å². The minimum Gasteiger partial charge on any atom is -0.308 e. The van der Waals surface area contributed by atoms with Gasteiger partial charge >= 0.3 is 0 Å². The van der Waals surface area contributed by atoms with Crippen LogP contribution >= 0.6 is 0 Å². The van der Waals surface area contributed by atoms with E-state index in [0.29, 0.717) is 5.92 Å². The first-order valence-corrected chi connectivity index (χ1v) is 15.1. The van der Waals surface area contributed by atoms with Crippen molar-refractivity contribution in [2.24, 2.45) is 5.92 Å². The van der Waals surface area contributed by atoms with Gasteiger partial charge < -0.3 is 4.57 Å². The summed E-state index contributed by atoms with van der Waals surface area (Å²) in [4.78, 5) is 0. The number of nitrogens with one attached hydrogen (secondary N) is 1. The molecule has 0 saturated heterocycles. The zero-order chi connectivity index (χ0) is 28.3. The highest BCUT2D eigenvalue weighted by atomic mass is 15.2. The lowest BCUT2D eigenvalue weighted by molar-refractivity contribution is 0.492. The van der Waals surface area contributed by atoms with Crippen molar-refractivity contribution < 1.29 is 0 Å². The lowest BCUT2D eigenvalue weighted by Crippen LogP contribution is -2.32. The Morgan fingerprint density at radius 3 is 2.12 bits per heavy atom. The largest absolute Gasteiger partial charge is 0.308 e. The highest BCUT2D eigenvalue weighted by molar-refractivity contribution is 6.14. The van der Waals surface area contributed by atoms with Crippen molar-refractivity contribution in [3.63, 3.8) is 0 Å². The van der Waals surface area contributed by atoms with Crippen molar-refractivity contribution in [1.29, 1.82) is 0 Å². The van der Waals surface area contributed by atoms with E-state index in [1.165, 1.54) is 55.8 Å². The Bertz CT molecular complexity index is 2140. The lowest BCUT2D eigenvalue weighted by Gasteiger charge is -2.19. The molecule has 0 bridgehead atoms. The summed E-state index contributed by atoms with van der Waals surface area (Å²) in [6, 6.07) is 46.6. The number of amidine groups is 1. The molecule has 0 spiro atoms. The second-order valence-electron chi connectivity index (χ2n) is 11.6. The molecule has 6 aromatic rings. The van der Waals surface area contributed by atoms with E-state index in [4.69, 9.17) is 0 Å². The fourth-order valence-corrected chi connectivity index (χ4v) is 7.39. The van der Waals surface area contributed by atoms with E-state index in [0.717, 1.165) is 17.9 Å². The van der Waals surface area contributed by atoms with Crippen molar-refractivity contribution in [2.45, 2.75) is 12.5 Å². The van der Waals surface area contributed by atoms with Gasteiger partial charge in [0.1, 0.15) is 17.4 Å². The third-order valence-electron chi connectivity index (χ3n) is 9.21. The van der Waals surface area contributed by atoms with Crippen LogP contribution in [0, 0.1) is 5.92 Å². The number of para-hydroxylation sites is 4. The third kappa shape index (κ3) is 3.58. The van der Waals surface area contributed by atoms with Crippen LogP contribution in [0.2, 0.25) is 0 Å². The van der Waals surface area contributed by atoms with Gasteiger partial charge in [-0.3, -0.25) is 5.32 Å². The van der Waals surface area contributed by atoms with Gasteiger partial charge in [-0.25, -0.2) is 0 Å². The fraction of sp³-hybridized carbons (Fsp3) is 0.0750. The predicted molar refractivity (Wildman–Crippen MR) is 178 cm³/mol. The molecule has 3 heteroatoms. The maximum absolute atomic E-state index is 4.06. The molecule has 0 radical (unpaired) electrons. The monoisotopic (exact) mass is 552 g/mol. The van der Waals surface area contributed by atoms with Gasteiger partial charge in [-0.1, -0.05) is 103 Å². The minimum absolute atomic E-state index is 0.205. The van der Waals surface area contributed by atoms with Crippen LogP contribution in [0.3, 0.4) is 0 Å². The van der Waals surface area contributed by atoms with E-state index in [1.807, 2.05) is 0 Å². The Balaban J connectivity index is 1.41. The van der Waals surface area contributed by atoms with E-state index in [-0.39, 0.29) is 6.04 Å². The van der Waals surface area contributed by atoms with Gasteiger partial charge in [0.2, 0.25) is 0 Å². The molecule has 0 amide bonds. The van der Waals surface area contributed by atoms with Gasteiger partial charge in [0.05, 0.1) is 16.8 Å². The van der Waals surface area contributed by atoms with Gasteiger partial charge in [0.15, 0.2) is 0 Å². The highest BCUT2D eigenvalue weighted by Crippen LogP contribution is 2.51. The van der Waals surface area contributed by atoms with Gasteiger partial charge in [-0.2, -0.15) is 4.58 Å².